The van der Waals surface area contributed by atoms with Crippen molar-refractivity contribution in [1.29, 1.82) is 0 Å². The van der Waals surface area contributed by atoms with E-state index in [-0.39, 0.29) is 11.1 Å². The number of rotatable bonds is 15. The largest absolute Gasteiger partial charge is 0.497 e. The number of benzene rings is 1. The third-order valence-electron chi connectivity index (χ3n) is 4.66. The Labute approximate surface area is 232 Å². The van der Waals surface area contributed by atoms with E-state index in [1.54, 1.807) is 26.0 Å². The van der Waals surface area contributed by atoms with Crippen LogP contribution in [0, 0.1) is 0 Å². The fraction of sp³-hybridized carbons (Fsp3) is 0.500. The van der Waals surface area contributed by atoms with Crippen LogP contribution in [-0.2, 0) is 23.4 Å². The van der Waals surface area contributed by atoms with E-state index >= 15 is 0 Å². The zero-order chi connectivity index (χ0) is 28.5. The molecule has 0 bridgehead atoms. The minimum absolute atomic E-state index is 0.0490. The molecule has 16 heteroatoms. The number of carbonyl (C=O) groups is 1. The molecule has 3 N–H and O–H groups in total. The molecule has 1 heterocycles. The number of aromatic amines is 1. The standard InChI is InChI=1S/C22H30BrClN3O10P/c1-13(2)35-21(30)14(3)26-38(32,37-16-7-5-6-15(10-16)33-4)34-12-17(20(24)29)36-19(11-23)27-9-8-18(28)25-22(27)31/h5-10,13-14,17,19-20,29H,11-12H2,1-4H3,(H,26,32)(H,25,28,31)/t14?,17-,19?,20-,38?/m1/s1. The molecule has 5 atom stereocenters. The van der Waals surface area contributed by atoms with Crippen molar-refractivity contribution in [2.24, 2.45) is 0 Å². The minimum atomic E-state index is -4.34. The summed E-state index contributed by atoms with van der Waals surface area (Å²) in [7, 11) is -2.90. The van der Waals surface area contributed by atoms with Crippen LogP contribution in [0.4, 0.5) is 0 Å². The summed E-state index contributed by atoms with van der Waals surface area (Å²) in [5.41, 5.74) is -3.05. The smallest absolute Gasteiger partial charge is 0.459 e. The highest BCUT2D eigenvalue weighted by Gasteiger charge is 2.35. The highest BCUT2D eigenvalue weighted by Crippen LogP contribution is 2.46. The SMILES string of the molecule is COc1cccc(OP(=O)(NC(C)C(=O)OC(C)C)OC[C@@H](OC(CBr)n2ccc(=O)[nH]c2=O)[C@@H](O)Cl)c1. The second-order valence-electron chi connectivity index (χ2n) is 8.07. The second kappa shape index (κ2) is 14.8. The molecular formula is C22H30BrClN3O10P. The Bertz CT molecular complexity index is 1220. The van der Waals surface area contributed by atoms with Gasteiger partial charge in [0.1, 0.15) is 29.9 Å². The Morgan fingerprint density at radius 1 is 1.24 bits per heavy atom. The van der Waals surface area contributed by atoms with Gasteiger partial charge in [0.05, 0.1) is 19.8 Å². The molecule has 0 radical (unpaired) electrons. The van der Waals surface area contributed by atoms with E-state index in [1.165, 1.54) is 32.4 Å². The third-order valence-corrected chi connectivity index (χ3v) is 7.14. The van der Waals surface area contributed by atoms with Crippen molar-refractivity contribution in [2.75, 3.05) is 19.0 Å². The van der Waals surface area contributed by atoms with Crippen molar-refractivity contribution in [1.82, 2.24) is 14.6 Å². The molecule has 212 valence electrons. The minimum Gasteiger partial charge on any atom is -0.497 e. The molecule has 3 unspecified atom stereocenters. The molecule has 1 aromatic heterocycles. The van der Waals surface area contributed by atoms with Crippen LogP contribution in [0.15, 0.2) is 46.1 Å². The van der Waals surface area contributed by atoms with Gasteiger partial charge < -0.3 is 23.8 Å². The van der Waals surface area contributed by atoms with Crippen molar-refractivity contribution >= 4 is 41.2 Å². The maximum atomic E-state index is 13.7. The number of aromatic nitrogens is 2. The highest BCUT2D eigenvalue weighted by molar-refractivity contribution is 9.09. The molecule has 1 aromatic carbocycles. The zero-order valence-corrected chi connectivity index (χ0v) is 24.3. The van der Waals surface area contributed by atoms with Gasteiger partial charge in [-0.1, -0.05) is 33.6 Å². The Kier molecular flexibility index (Phi) is 12.5. The summed E-state index contributed by atoms with van der Waals surface area (Å²) in [6, 6.07) is 6.16. The number of aliphatic hydroxyl groups excluding tert-OH is 1. The quantitative estimate of drug-likeness (QED) is 0.148. The van der Waals surface area contributed by atoms with E-state index in [1.807, 2.05) is 0 Å². The van der Waals surface area contributed by atoms with Gasteiger partial charge in [0.15, 0.2) is 5.56 Å². The van der Waals surface area contributed by atoms with Gasteiger partial charge in [-0.15, -0.1) is 0 Å². The summed E-state index contributed by atoms with van der Waals surface area (Å²) in [4.78, 5) is 38.0. The molecule has 0 aliphatic rings. The van der Waals surface area contributed by atoms with Crippen LogP contribution in [0.2, 0.25) is 0 Å². The van der Waals surface area contributed by atoms with E-state index in [0.717, 1.165) is 10.6 Å². The molecule has 13 nitrogen and oxygen atoms in total. The fourth-order valence-corrected chi connectivity index (χ4v) is 4.99. The highest BCUT2D eigenvalue weighted by atomic mass is 79.9. The maximum Gasteiger partial charge on any atom is 0.459 e. The van der Waals surface area contributed by atoms with Gasteiger partial charge in [0, 0.05) is 23.7 Å². The van der Waals surface area contributed by atoms with Gasteiger partial charge in [-0.25, -0.2) is 9.36 Å². The average molecular weight is 643 g/mol. The van der Waals surface area contributed by atoms with Gasteiger partial charge in [-0.2, -0.15) is 5.09 Å². The van der Waals surface area contributed by atoms with Crippen LogP contribution in [0.3, 0.4) is 0 Å². The number of aliphatic hydroxyl groups is 1. The number of nitrogens with zero attached hydrogens (tertiary/aromatic N) is 1. The maximum absolute atomic E-state index is 13.7. The number of esters is 1. The Morgan fingerprint density at radius 2 is 1.92 bits per heavy atom. The lowest BCUT2D eigenvalue weighted by Crippen LogP contribution is -2.40. The van der Waals surface area contributed by atoms with Crippen molar-refractivity contribution in [3.8, 4) is 11.5 Å². The van der Waals surface area contributed by atoms with Gasteiger partial charge in [-0.05, 0) is 32.9 Å². The number of halogens is 2. The Morgan fingerprint density at radius 3 is 2.50 bits per heavy atom. The van der Waals surface area contributed by atoms with E-state index in [2.05, 4.69) is 26.0 Å². The zero-order valence-electron chi connectivity index (χ0n) is 21.0. The van der Waals surface area contributed by atoms with E-state index < -0.39 is 61.6 Å². The number of ether oxygens (including phenoxy) is 3. The monoisotopic (exact) mass is 641 g/mol. The number of methoxy groups -OCH3 is 1. The Hall–Kier alpha value is -2.19. The summed E-state index contributed by atoms with van der Waals surface area (Å²) in [6.45, 7) is 4.12. The van der Waals surface area contributed by atoms with Crippen molar-refractivity contribution < 1.29 is 37.7 Å². The summed E-state index contributed by atoms with van der Waals surface area (Å²) >= 11 is 9.09. The summed E-state index contributed by atoms with van der Waals surface area (Å²) in [6.07, 6.45) is -1.62. The van der Waals surface area contributed by atoms with E-state index in [9.17, 15) is 24.1 Å². The van der Waals surface area contributed by atoms with Gasteiger partial charge in [0.25, 0.3) is 5.56 Å². The predicted molar refractivity (Wildman–Crippen MR) is 142 cm³/mol. The first-order chi connectivity index (χ1) is 17.9. The summed E-state index contributed by atoms with van der Waals surface area (Å²) in [5, 5.41) is 12.7. The molecular weight excluding hydrogens is 613 g/mol. The first kappa shape index (κ1) is 32.0. The number of nitrogens with one attached hydrogen (secondary N) is 2. The molecule has 0 aliphatic heterocycles. The Balaban J connectivity index is 2.28. The van der Waals surface area contributed by atoms with Crippen molar-refractivity contribution in [3.63, 3.8) is 0 Å². The van der Waals surface area contributed by atoms with Crippen LogP contribution in [0.5, 0.6) is 11.5 Å². The molecule has 0 saturated carbocycles. The van der Waals surface area contributed by atoms with Crippen LogP contribution in [0.1, 0.15) is 27.0 Å². The molecule has 0 fully saturated rings. The second-order valence-corrected chi connectivity index (χ2v) is 10.9. The molecule has 38 heavy (non-hydrogen) atoms. The number of hydrogen-bond acceptors (Lipinski definition) is 10. The summed E-state index contributed by atoms with van der Waals surface area (Å²) < 4.78 is 41.9. The fourth-order valence-electron chi connectivity index (χ4n) is 2.90. The van der Waals surface area contributed by atoms with Crippen LogP contribution in [0.25, 0.3) is 0 Å². The number of carbonyl (C=O) groups excluding carboxylic acids is 1. The number of alkyl halides is 2. The van der Waals surface area contributed by atoms with Gasteiger partial charge in [-0.3, -0.25) is 23.7 Å². The summed E-state index contributed by atoms with van der Waals surface area (Å²) in [5.74, 6) is -0.211. The molecule has 2 rings (SSSR count). The molecule has 0 aliphatic carbocycles. The topological polar surface area (TPSA) is 167 Å². The van der Waals surface area contributed by atoms with Crippen LogP contribution >= 0.6 is 35.3 Å². The first-order valence-electron chi connectivity index (χ1n) is 11.3. The normalized spacial score (nSPS) is 16.2. The number of hydrogen-bond donors (Lipinski definition) is 3. The van der Waals surface area contributed by atoms with Crippen molar-refractivity contribution in [2.45, 2.75) is 50.8 Å². The molecule has 2 aromatic rings. The average Bonchev–Trinajstić information content (AvgIpc) is 2.84. The van der Waals surface area contributed by atoms with Crippen LogP contribution < -0.4 is 25.6 Å². The van der Waals surface area contributed by atoms with Crippen LogP contribution in [-0.4, -0.2) is 63.5 Å². The third kappa shape index (κ3) is 9.84. The van der Waals surface area contributed by atoms with E-state index in [4.69, 9.17) is 34.9 Å². The molecule has 0 saturated heterocycles. The lowest BCUT2D eigenvalue weighted by molar-refractivity contribution is -0.149. The molecule has 0 amide bonds. The van der Waals surface area contributed by atoms with Gasteiger partial charge >= 0.3 is 19.4 Å². The van der Waals surface area contributed by atoms with Crippen molar-refractivity contribution in [3.05, 3.63) is 57.4 Å². The van der Waals surface area contributed by atoms with Gasteiger partial charge in [0.2, 0.25) is 0 Å². The lowest BCUT2D eigenvalue weighted by Gasteiger charge is -2.28. The lowest BCUT2D eigenvalue weighted by atomic mass is 10.3. The van der Waals surface area contributed by atoms with E-state index in [0.29, 0.717) is 5.75 Å². The first-order valence-corrected chi connectivity index (χ1v) is 14.4. The number of H-pyrrole nitrogens is 1. The predicted octanol–water partition coefficient (Wildman–Crippen LogP) is 2.51. The molecule has 0 spiro atoms.